The van der Waals surface area contributed by atoms with Gasteiger partial charge in [-0.1, -0.05) is 0 Å². The minimum absolute atomic E-state index is 0.0170. The van der Waals surface area contributed by atoms with E-state index in [0.29, 0.717) is 0 Å². The van der Waals surface area contributed by atoms with Crippen LogP contribution in [0.25, 0.3) is 10.6 Å². The Bertz CT molecular complexity index is 722. The average Bonchev–Trinajstić information content (AvgIpc) is 3.27. The van der Waals surface area contributed by atoms with E-state index >= 15 is 0 Å². The van der Waals surface area contributed by atoms with Crippen molar-refractivity contribution in [2.75, 3.05) is 6.61 Å². The fourth-order valence-electron chi connectivity index (χ4n) is 3.15. The van der Waals surface area contributed by atoms with E-state index in [1.807, 2.05) is 22.6 Å². The predicted octanol–water partition coefficient (Wildman–Crippen LogP) is 3.00. The Morgan fingerprint density at radius 2 is 1.96 bits per heavy atom. The Morgan fingerprint density at radius 1 is 1.20 bits per heavy atom. The molecule has 0 radical (unpaired) electrons. The highest BCUT2D eigenvalue weighted by Gasteiger charge is 2.53. The molecule has 0 aromatic carbocycles. The van der Waals surface area contributed by atoms with Crippen molar-refractivity contribution in [3.05, 3.63) is 17.9 Å². The van der Waals surface area contributed by atoms with E-state index in [-0.39, 0.29) is 17.4 Å². The highest BCUT2D eigenvalue weighted by molar-refractivity contribution is 7.13. The standard InChI is InChI=1S/C17H24BN3O3S/c1-16(2)17(3,4)24-18(23-16)12-10-21(14-7-5-6-8-22-14)20-15(12)13-9-19-11-25-13/h9-11,14H,5-8H2,1-4H3. The molecule has 2 aromatic rings. The summed E-state index contributed by atoms with van der Waals surface area (Å²) in [6, 6.07) is 0. The summed E-state index contributed by atoms with van der Waals surface area (Å²) in [5.74, 6) is 0. The van der Waals surface area contributed by atoms with Crippen LogP contribution in [0.3, 0.4) is 0 Å². The Hall–Kier alpha value is -1.22. The molecule has 4 heterocycles. The number of nitrogens with zero attached hydrogens (tertiary/aromatic N) is 3. The average molecular weight is 361 g/mol. The van der Waals surface area contributed by atoms with Crippen LogP contribution in [0, 0.1) is 0 Å². The first-order valence-electron chi connectivity index (χ1n) is 8.82. The van der Waals surface area contributed by atoms with Gasteiger partial charge in [-0.15, -0.1) is 11.3 Å². The minimum Gasteiger partial charge on any atom is -0.399 e. The van der Waals surface area contributed by atoms with Gasteiger partial charge in [-0.05, 0) is 47.0 Å². The first-order chi connectivity index (χ1) is 11.9. The van der Waals surface area contributed by atoms with E-state index in [0.717, 1.165) is 41.9 Å². The van der Waals surface area contributed by atoms with E-state index < -0.39 is 7.12 Å². The van der Waals surface area contributed by atoms with Crippen LogP contribution in [-0.4, -0.2) is 39.7 Å². The summed E-state index contributed by atoms with van der Waals surface area (Å²) in [6.45, 7) is 9.04. The maximum atomic E-state index is 6.26. The maximum absolute atomic E-state index is 6.26. The van der Waals surface area contributed by atoms with Gasteiger partial charge in [0.2, 0.25) is 0 Å². The summed E-state index contributed by atoms with van der Waals surface area (Å²) in [7, 11) is -0.445. The number of hydrogen-bond donors (Lipinski definition) is 0. The zero-order valence-corrected chi connectivity index (χ0v) is 16.0. The summed E-state index contributed by atoms with van der Waals surface area (Å²) >= 11 is 1.57. The summed E-state index contributed by atoms with van der Waals surface area (Å²) in [5, 5.41) is 4.82. The van der Waals surface area contributed by atoms with E-state index in [1.165, 1.54) is 0 Å². The first-order valence-corrected chi connectivity index (χ1v) is 9.70. The van der Waals surface area contributed by atoms with Crippen LogP contribution in [-0.2, 0) is 14.0 Å². The monoisotopic (exact) mass is 361 g/mol. The molecule has 1 unspecified atom stereocenters. The molecule has 25 heavy (non-hydrogen) atoms. The van der Waals surface area contributed by atoms with Gasteiger partial charge < -0.3 is 14.0 Å². The Labute approximate surface area is 152 Å². The van der Waals surface area contributed by atoms with E-state index in [4.69, 9.17) is 19.1 Å². The lowest BCUT2D eigenvalue weighted by Gasteiger charge is -2.32. The van der Waals surface area contributed by atoms with Crippen molar-refractivity contribution >= 4 is 23.9 Å². The molecule has 0 N–H and O–H groups in total. The molecule has 1 atom stereocenters. The molecule has 2 fully saturated rings. The van der Waals surface area contributed by atoms with Gasteiger partial charge in [-0.2, -0.15) is 5.10 Å². The SMILES string of the molecule is CC1(C)OB(c2cn(C3CCCCO3)nc2-c2cncs2)OC1(C)C. The molecular formula is C17H24BN3O3S. The third kappa shape index (κ3) is 3.05. The van der Waals surface area contributed by atoms with Gasteiger partial charge in [-0.25, -0.2) is 4.68 Å². The van der Waals surface area contributed by atoms with Gasteiger partial charge in [-0.3, -0.25) is 4.98 Å². The highest BCUT2D eigenvalue weighted by Crippen LogP contribution is 2.37. The van der Waals surface area contributed by atoms with Crippen molar-refractivity contribution in [1.82, 2.24) is 14.8 Å². The normalized spacial score (nSPS) is 25.4. The minimum atomic E-state index is -0.445. The number of ether oxygens (including phenoxy) is 1. The van der Waals surface area contributed by atoms with E-state index in [1.54, 1.807) is 11.3 Å². The van der Waals surface area contributed by atoms with Crippen LogP contribution in [0.1, 0.15) is 53.2 Å². The van der Waals surface area contributed by atoms with Crippen LogP contribution in [0.4, 0.5) is 0 Å². The van der Waals surface area contributed by atoms with Crippen molar-refractivity contribution in [2.24, 2.45) is 0 Å². The lowest BCUT2D eigenvalue weighted by Crippen LogP contribution is -2.41. The number of thiazole rings is 1. The molecule has 0 amide bonds. The summed E-state index contributed by atoms with van der Waals surface area (Å²) < 4.78 is 20.3. The first kappa shape index (κ1) is 17.2. The van der Waals surface area contributed by atoms with Crippen molar-refractivity contribution < 1.29 is 14.0 Å². The van der Waals surface area contributed by atoms with Gasteiger partial charge in [0.05, 0.1) is 21.6 Å². The molecule has 0 saturated carbocycles. The van der Waals surface area contributed by atoms with Gasteiger partial charge in [0.1, 0.15) is 11.9 Å². The van der Waals surface area contributed by atoms with Crippen molar-refractivity contribution in [3.63, 3.8) is 0 Å². The Morgan fingerprint density at radius 3 is 2.56 bits per heavy atom. The smallest absolute Gasteiger partial charge is 0.399 e. The molecule has 0 bridgehead atoms. The molecule has 6 nitrogen and oxygen atoms in total. The molecule has 8 heteroatoms. The fraction of sp³-hybridized carbons (Fsp3) is 0.647. The molecule has 4 rings (SSSR count). The third-order valence-corrected chi connectivity index (χ3v) is 6.16. The quantitative estimate of drug-likeness (QED) is 0.787. The Balaban J connectivity index is 1.72. The molecule has 0 spiro atoms. The van der Waals surface area contributed by atoms with Gasteiger partial charge >= 0.3 is 7.12 Å². The topological polar surface area (TPSA) is 58.4 Å². The summed E-state index contributed by atoms with van der Waals surface area (Å²) in [4.78, 5) is 5.21. The van der Waals surface area contributed by atoms with Crippen LogP contribution < -0.4 is 5.46 Å². The van der Waals surface area contributed by atoms with Gasteiger partial charge in [0.25, 0.3) is 0 Å². The molecule has 2 aliphatic heterocycles. The predicted molar refractivity (Wildman–Crippen MR) is 97.9 cm³/mol. The lowest BCUT2D eigenvalue weighted by molar-refractivity contribution is -0.0393. The van der Waals surface area contributed by atoms with Crippen molar-refractivity contribution in [3.8, 4) is 10.6 Å². The number of hydrogen-bond acceptors (Lipinski definition) is 6. The van der Waals surface area contributed by atoms with E-state index in [2.05, 4.69) is 32.7 Å². The second-order valence-electron chi connectivity index (χ2n) is 7.69. The summed E-state index contributed by atoms with van der Waals surface area (Å²) in [5.41, 5.74) is 2.87. The molecule has 2 aromatic heterocycles. The Kier molecular flexibility index (Phi) is 4.26. The number of rotatable bonds is 3. The lowest BCUT2D eigenvalue weighted by atomic mass is 9.79. The largest absolute Gasteiger partial charge is 0.498 e. The van der Waals surface area contributed by atoms with Crippen LogP contribution in [0.15, 0.2) is 17.9 Å². The molecule has 134 valence electrons. The maximum Gasteiger partial charge on any atom is 0.498 e. The summed E-state index contributed by atoms with van der Waals surface area (Å²) in [6.07, 6.45) is 7.10. The van der Waals surface area contributed by atoms with Crippen LogP contribution >= 0.6 is 11.3 Å². The molecule has 0 aliphatic carbocycles. The van der Waals surface area contributed by atoms with Gasteiger partial charge in [0, 0.05) is 24.5 Å². The second kappa shape index (κ2) is 6.19. The van der Waals surface area contributed by atoms with Crippen LogP contribution in [0.5, 0.6) is 0 Å². The molecule has 2 aliphatic rings. The fourth-order valence-corrected chi connectivity index (χ4v) is 3.78. The van der Waals surface area contributed by atoms with Crippen LogP contribution in [0.2, 0.25) is 0 Å². The van der Waals surface area contributed by atoms with Gasteiger partial charge in [0.15, 0.2) is 0 Å². The second-order valence-corrected chi connectivity index (χ2v) is 8.57. The zero-order valence-electron chi connectivity index (χ0n) is 15.2. The highest BCUT2D eigenvalue weighted by atomic mass is 32.1. The van der Waals surface area contributed by atoms with Crippen molar-refractivity contribution in [1.29, 1.82) is 0 Å². The zero-order chi connectivity index (χ0) is 17.7. The molecule has 2 saturated heterocycles. The number of aromatic nitrogens is 3. The molecular weight excluding hydrogens is 337 g/mol. The third-order valence-electron chi connectivity index (χ3n) is 5.38. The van der Waals surface area contributed by atoms with E-state index in [9.17, 15) is 0 Å². The van der Waals surface area contributed by atoms with Crippen molar-refractivity contribution in [2.45, 2.75) is 64.4 Å².